The second kappa shape index (κ2) is 67.9. The van der Waals surface area contributed by atoms with Crippen LogP contribution in [0.5, 0.6) is 0 Å². The van der Waals surface area contributed by atoms with E-state index in [0.29, 0.717) is 19.3 Å². The van der Waals surface area contributed by atoms with E-state index in [1.807, 2.05) is 0 Å². The SMILES string of the molecule is CCCCC/C=C\C/C=C\CCCCCCCCCCCC(=O)OC(COC(=O)CCCCCCCCC/C=C\CCCCCCCC)COC(=O)CCCCCCCCCCCCCCC/C=C\CCCCCCCCCC. The third kappa shape index (κ3) is 66.1. The van der Waals surface area contributed by atoms with E-state index in [1.165, 1.54) is 276 Å². The standard InChI is InChI=1S/C73H134O6/c1-4-7-10-13-16-19-22-25-28-31-33-34-35-36-37-38-40-42-45-48-51-54-57-60-63-66-72(75)78-69-70(68-77-71(74)65-62-59-56-53-50-47-44-41-30-27-24-21-18-15-12-9-6-3)79-73(76)67-64-61-58-55-52-49-46-43-39-32-29-26-23-20-17-14-11-8-5-2/h17,20,26-27,29-31,33,70H,4-16,18-19,21-25,28,32,34-69H2,1-3H3/b20-17-,29-26-,30-27-,33-31-. The van der Waals surface area contributed by atoms with Crippen LogP contribution in [0.3, 0.4) is 0 Å². The highest BCUT2D eigenvalue weighted by Crippen LogP contribution is 2.18. The van der Waals surface area contributed by atoms with E-state index in [-0.39, 0.29) is 31.1 Å². The van der Waals surface area contributed by atoms with Crippen LogP contribution in [0.4, 0.5) is 0 Å². The molecule has 1 atom stereocenters. The molecule has 0 radical (unpaired) electrons. The molecular formula is C73H134O6. The van der Waals surface area contributed by atoms with Gasteiger partial charge in [-0.25, -0.2) is 0 Å². The predicted octanol–water partition coefficient (Wildman–Crippen LogP) is 24.1. The molecule has 0 spiro atoms. The van der Waals surface area contributed by atoms with Gasteiger partial charge in [-0.15, -0.1) is 0 Å². The number of carbonyl (C=O) groups is 3. The molecule has 0 aliphatic rings. The minimum absolute atomic E-state index is 0.0730. The molecule has 0 aromatic carbocycles. The van der Waals surface area contributed by atoms with Gasteiger partial charge in [0.2, 0.25) is 0 Å². The summed E-state index contributed by atoms with van der Waals surface area (Å²) in [6, 6.07) is 0. The summed E-state index contributed by atoms with van der Waals surface area (Å²) in [5.41, 5.74) is 0. The summed E-state index contributed by atoms with van der Waals surface area (Å²) in [5.74, 6) is -0.857. The van der Waals surface area contributed by atoms with Gasteiger partial charge in [0, 0.05) is 19.3 Å². The normalized spacial score (nSPS) is 12.3. The maximum atomic E-state index is 12.9. The molecule has 462 valence electrons. The molecule has 0 N–H and O–H groups in total. The van der Waals surface area contributed by atoms with Crippen molar-refractivity contribution in [2.45, 2.75) is 386 Å². The van der Waals surface area contributed by atoms with E-state index in [1.54, 1.807) is 0 Å². The summed E-state index contributed by atoms with van der Waals surface area (Å²) in [6.45, 7) is 6.67. The van der Waals surface area contributed by atoms with Crippen LogP contribution in [0, 0.1) is 0 Å². The predicted molar refractivity (Wildman–Crippen MR) is 344 cm³/mol. The number of ether oxygens (including phenoxy) is 3. The average Bonchev–Trinajstić information content (AvgIpc) is 3.45. The summed E-state index contributed by atoms with van der Waals surface area (Å²) in [6.07, 6.45) is 85.6. The first-order chi connectivity index (χ1) is 39.0. The molecule has 6 nitrogen and oxygen atoms in total. The molecule has 0 heterocycles. The van der Waals surface area contributed by atoms with Crippen molar-refractivity contribution in [1.29, 1.82) is 0 Å². The van der Waals surface area contributed by atoms with E-state index in [4.69, 9.17) is 14.2 Å². The van der Waals surface area contributed by atoms with Crippen molar-refractivity contribution >= 4 is 17.9 Å². The number of carbonyl (C=O) groups excluding carboxylic acids is 3. The smallest absolute Gasteiger partial charge is 0.306 e. The second-order valence-corrected chi connectivity index (χ2v) is 23.8. The molecule has 0 amide bonds. The lowest BCUT2D eigenvalue weighted by molar-refractivity contribution is -0.167. The van der Waals surface area contributed by atoms with Gasteiger partial charge < -0.3 is 14.2 Å². The maximum absolute atomic E-state index is 12.9. The van der Waals surface area contributed by atoms with Gasteiger partial charge in [-0.3, -0.25) is 14.4 Å². The largest absolute Gasteiger partial charge is 0.462 e. The molecule has 0 aromatic rings. The summed E-state index contributed by atoms with van der Waals surface area (Å²) in [7, 11) is 0. The Bertz CT molecular complexity index is 1360. The molecule has 0 aliphatic heterocycles. The Hall–Kier alpha value is -2.63. The number of hydrogen-bond acceptors (Lipinski definition) is 6. The molecule has 6 heteroatoms. The minimum Gasteiger partial charge on any atom is -0.462 e. The lowest BCUT2D eigenvalue weighted by Crippen LogP contribution is -2.30. The van der Waals surface area contributed by atoms with Crippen molar-refractivity contribution < 1.29 is 28.6 Å². The molecule has 0 aromatic heterocycles. The molecule has 1 unspecified atom stereocenters. The van der Waals surface area contributed by atoms with E-state index in [9.17, 15) is 14.4 Å². The first kappa shape index (κ1) is 76.4. The minimum atomic E-state index is -0.778. The highest BCUT2D eigenvalue weighted by molar-refractivity contribution is 5.71. The first-order valence-corrected chi connectivity index (χ1v) is 35.1. The van der Waals surface area contributed by atoms with Gasteiger partial charge in [-0.2, -0.15) is 0 Å². The highest BCUT2D eigenvalue weighted by atomic mass is 16.6. The fraction of sp³-hybridized carbons (Fsp3) is 0.849. The van der Waals surface area contributed by atoms with Crippen molar-refractivity contribution in [1.82, 2.24) is 0 Å². The molecule has 0 saturated heterocycles. The zero-order chi connectivity index (χ0) is 57.1. The van der Waals surface area contributed by atoms with E-state index in [2.05, 4.69) is 69.4 Å². The van der Waals surface area contributed by atoms with Crippen molar-refractivity contribution in [3.05, 3.63) is 48.6 Å². The fourth-order valence-electron chi connectivity index (χ4n) is 10.5. The summed E-state index contributed by atoms with van der Waals surface area (Å²) >= 11 is 0. The Morgan fingerprint density at radius 2 is 0.456 bits per heavy atom. The highest BCUT2D eigenvalue weighted by Gasteiger charge is 2.19. The Balaban J connectivity index is 4.30. The zero-order valence-electron chi connectivity index (χ0n) is 53.2. The monoisotopic (exact) mass is 1110 g/mol. The number of esters is 3. The van der Waals surface area contributed by atoms with Crippen LogP contribution >= 0.6 is 0 Å². The number of rotatable bonds is 65. The van der Waals surface area contributed by atoms with Crippen molar-refractivity contribution in [3.8, 4) is 0 Å². The van der Waals surface area contributed by atoms with Crippen molar-refractivity contribution in [3.63, 3.8) is 0 Å². The van der Waals surface area contributed by atoms with Crippen molar-refractivity contribution in [2.75, 3.05) is 13.2 Å². The van der Waals surface area contributed by atoms with Crippen LogP contribution in [0.1, 0.15) is 380 Å². The topological polar surface area (TPSA) is 78.9 Å². The van der Waals surface area contributed by atoms with Crippen LogP contribution in [0.15, 0.2) is 48.6 Å². The summed E-state index contributed by atoms with van der Waals surface area (Å²) < 4.78 is 17.0. The molecule has 0 saturated carbocycles. The van der Waals surface area contributed by atoms with Gasteiger partial charge >= 0.3 is 17.9 Å². The number of unbranched alkanes of at least 4 members (excludes halogenated alkanes) is 46. The second-order valence-electron chi connectivity index (χ2n) is 23.8. The van der Waals surface area contributed by atoms with Crippen LogP contribution in [-0.4, -0.2) is 37.2 Å². The van der Waals surface area contributed by atoms with E-state index >= 15 is 0 Å². The molecule has 0 bridgehead atoms. The Morgan fingerprint density at radius 1 is 0.253 bits per heavy atom. The number of allylic oxidation sites excluding steroid dienone is 8. The van der Waals surface area contributed by atoms with Gasteiger partial charge in [-0.1, -0.05) is 307 Å². The number of hydrogen-bond donors (Lipinski definition) is 0. The Morgan fingerprint density at radius 3 is 0.734 bits per heavy atom. The van der Waals surface area contributed by atoms with Crippen LogP contribution in [-0.2, 0) is 28.6 Å². The summed E-state index contributed by atoms with van der Waals surface area (Å²) in [5, 5.41) is 0. The maximum Gasteiger partial charge on any atom is 0.306 e. The van der Waals surface area contributed by atoms with Gasteiger partial charge in [0.25, 0.3) is 0 Å². The van der Waals surface area contributed by atoms with Gasteiger partial charge in [0.1, 0.15) is 13.2 Å². The lowest BCUT2D eigenvalue weighted by atomic mass is 10.0. The molecule has 0 aliphatic carbocycles. The molecule has 0 rings (SSSR count). The van der Waals surface area contributed by atoms with Crippen LogP contribution in [0.25, 0.3) is 0 Å². The zero-order valence-corrected chi connectivity index (χ0v) is 53.2. The van der Waals surface area contributed by atoms with Gasteiger partial charge in [0.15, 0.2) is 6.10 Å². The Kier molecular flexibility index (Phi) is 65.6. The molecular weight excluding hydrogens is 973 g/mol. The van der Waals surface area contributed by atoms with E-state index in [0.717, 1.165) is 64.2 Å². The van der Waals surface area contributed by atoms with E-state index < -0.39 is 6.10 Å². The molecule has 79 heavy (non-hydrogen) atoms. The van der Waals surface area contributed by atoms with Crippen LogP contribution < -0.4 is 0 Å². The third-order valence-corrected chi connectivity index (χ3v) is 15.8. The first-order valence-electron chi connectivity index (χ1n) is 35.1. The van der Waals surface area contributed by atoms with Crippen molar-refractivity contribution in [2.24, 2.45) is 0 Å². The van der Waals surface area contributed by atoms with Gasteiger partial charge in [0.05, 0.1) is 0 Å². The fourth-order valence-corrected chi connectivity index (χ4v) is 10.5. The molecule has 0 fully saturated rings. The third-order valence-electron chi connectivity index (χ3n) is 15.8. The quantitative estimate of drug-likeness (QED) is 0.0261. The summed E-state index contributed by atoms with van der Waals surface area (Å²) in [4.78, 5) is 38.5. The average molecular weight is 1110 g/mol. The van der Waals surface area contributed by atoms with Gasteiger partial charge in [-0.05, 0) is 103 Å². The lowest BCUT2D eigenvalue weighted by Gasteiger charge is -2.18. The Labute approximate surface area is 492 Å². The van der Waals surface area contributed by atoms with Crippen LogP contribution in [0.2, 0.25) is 0 Å².